The third-order valence-electron chi connectivity index (χ3n) is 5.38. The third-order valence-corrected chi connectivity index (χ3v) is 5.68. The molecule has 0 radical (unpaired) electrons. The van der Waals surface area contributed by atoms with Crippen LogP contribution >= 0.6 is 11.6 Å². The van der Waals surface area contributed by atoms with Crippen molar-refractivity contribution in [3.8, 4) is 28.9 Å². The van der Waals surface area contributed by atoms with E-state index in [2.05, 4.69) is 15.5 Å². The highest BCUT2D eigenvalue weighted by molar-refractivity contribution is 6.32. The average molecular weight is 489 g/mol. The number of carboxylic acids is 1. The fourth-order valence-electron chi connectivity index (χ4n) is 3.67. The number of aliphatic carboxylic acids is 1. The number of halogens is 1. The summed E-state index contributed by atoms with van der Waals surface area (Å²) in [6, 6.07) is 22.7. The van der Waals surface area contributed by atoms with Crippen molar-refractivity contribution in [3.63, 3.8) is 0 Å². The van der Waals surface area contributed by atoms with Crippen molar-refractivity contribution < 1.29 is 19.2 Å². The van der Waals surface area contributed by atoms with E-state index in [-0.39, 0.29) is 6.42 Å². The molecule has 5 rings (SSSR count). The van der Waals surface area contributed by atoms with Crippen LogP contribution in [0.3, 0.4) is 0 Å². The number of carboxylic acid groups (broad SMARTS) is 1. The fraction of sp³-hybridized carbons (Fsp3) is 0.115. The number of nitrogens with one attached hydrogen (secondary N) is 1. The maximum atomic E-state index is 10.6. The quantitative estimate of drug-likeness (QED) is 0.257. The van der Waals surface area contributed by atoms with Crippen LogP contribution in [0.4, 0.5) is 0 Å². The Labute approximate surface area is 205 Å². The molecule has 0 atom stereocenters. The maximum absolute atomic E-state index is 10.6. The van der Waals surface area contributed by atoms with Gasteiger partial charge < -0.3 is 19.7 Å². The number of fused-ring (bicyclic) bond motifs is 1. The SMILES string of the molecule is O=C(O)CCNCc1ccc2c(ccn2-c2noc(-c3ccc(Oc4ccccc4)c(Cl)c3)n2)c1. The second-order valence-corrected chi connectivity index (χ2v) is 8.27. The van der Waals surface area contributed by atoms with Gasteiger partial charge in [0.1, 0.15) is 11.5 Å². The highest BCUT2D eigenvalue weighted by atomic mass is 35.5. The van der Waals surface area contributed by atoms with Gasteiger partial charge in [0, 0.05) is 30.2 Å². The number of benzene rings is 3. The lowest BCUT2D eigenvalue weighted by Gasteiger charge is -2.07. The molecule has 0 fully saturated rings. The minimum absolute atomic E-state index is 0.0901. The number of para-hydroxylation sites is 1. The van der Waals surface area contributed by atoms with Gasteiger partial charge in [-0.2, -0.15) is 4.98 Å². The summed E-state index contributed by atoms with van der Waals surface area (Å²) in [5.41, 5.74) is 2.67. The molecule has 5 aromatic rings. The predicted molar refractivity (Wildman–Crippen MR) is 132 cm³/mol. The van der Waals surface area contributed by atoms with E-state index in [1.54, 1.807) is 12.1 Å². The van der Waals surface area contributed by atoms with E-state index < -0.39 is 5.97 Å². The summed E-state index contributed by atoms with van der Waals surface area (Å²) in [6.07, 6.45) is 1.97. The van der Waals surface area contributed by atoms with Crippen LogP contribution in [-0.4, -0.2) is 32.3 Å². The van der Waals surface area contributed by atoms with Crippen molar-refractivity contribution in [2.24, 2.45) is 0 Å². The number of carbonyl (C=O) groups is 1. The molecule has 0 aliphatic rings. The average Bonchev–Trinajstić information content (AvgIpc) is 3.51. The molecular formula is C26H21ClN4O4. The van der Waals surface area contributed by atoms with Gasteiger partial charge in [-0.15, -0.1) is 0 Å². The highest BCUT2D eigenvalue weighted by Gasteiger charge is 2.15. The van der Waals surface area contributed by atoms with E-state index in [0.717, 1.165) is 16.5 Å². The number of aromatic nitrogens is 3. The minimum Gasteiger partial charge on any atom is -0.481 e. The van der Waals surface area contributed by atoms with Crippen LogP contribution in [0.1, 0.15) is 12.0 Å². The fourth-order valence-corrected chi connectivity index (χ4v) is 3.89. The topological polar surface area (TPSA) is 102 Å². The first-order valence-corrected chi connectivity index (χ1v) is 11.3. The summed E-state index contributed by atoms with van der Waals surface area (Å²) in [5, 5.41) is 17.5. The Balaban J connectivity index is 1.32. The van der Waals surface area contributed by atoms with E-state index in [0.29, 0.717) is 47.0 Å². The number of nitrogens with zero attached hydrogens (tertiary/aromatic N) is 3. The molecule has 9 heteroatoms. The van der Waals surface area contributed by atoms with Crippen molar-refractivity contribution >= 4 is 28.5 Å². The zero-order valence-electron chi connectivity index (χ0n) is 18.5. The Morgan fingerprint density at radius 3 is 2.74 bits per heavy atom. The van der Waals surface area contributed by atoms with Gasteiger partial charge in [-0.25, -0.2) is 0 Å². The van der Waals surface area contributed by atoms with Crippen LogP contribution in [0.2, 0.25) is 5.02 Å². The molecule has 35 heavy (non-hydrogen) atoms. The van der Waals surface area contributed by atoms with Crippen molar-refractivity contribution in [3.05, 3.63) is 89.6 Å². The highest BCUT2D eigenvalue weighted by Crippen LogP contribution is 2.33. The summed E-state index contributed by atoms with van der Waals surface area (Å²) in [6.45, 7) is 1.01. The van der Waals surface area contributed by atoms with Crippen LogP contribution in [0.15, 0.2) is 83.5 Å². The van der Waals surface area contributed by atoms with E-state index in [9.17, 15) is 4.79 Å². The molecule has 2 aromatic heterocycles. The number of rotatable bonds is 9. The molecule has 0 bridgehead atoms. The Morgan fingerprint density at radius 1 is 1.09 bits per heavy atom. The van der Waals surface area contributed by atoms with Crippen LogP contribution in [0.25, 0.3) is 28.3 Å². The number of hydrogen-bond acceptors (Lipinski definition) is 6. The van der Waals surface area contributed by atoms with E-state index in [1.807, 2.05) is 71.4 Å². The standard InChI is InChI=1S/C26H21ClN4O4/c27-21-15-19(7-9-23(21)34-20-4-2-1-3-5-20)25-29-26(30-35-25)31-13-11-18-14-17(6-8-22(18)31)16-28-12-10-24(32)33/h1-9,11,13-15,28H,10,12,16H2,(H,32,33). The number of hydrogen-bond donors (Lipinski definition) is 2. The lowest BCUT2D eigenvalue weighted by atomic mass is 10.1. The molecule has 176 valence electrons. The van der Waals surface area contributed by atoms with Gasteiger partial charge in [-0.05, 0) is 59.3 Å². The smallest absolute Gasteiger partial charge is 0.304 e. The van der Waals surface area contributed by atoms with Crippen molar-refractivity contribution in [2.45, 2.75) is 13.0 Å². The van der Waals surface area contributed by atoms with Crippen molar-refractivity contribution in [1.29, 1.82) is 0 Å². The summed E-state index contributed by atoms with van der Waals surface area (Å²) >= 11 is 6.44. The Hall–Kier alpha value is -4.14. The van der Waals surface area contributed by atoms with Gasteiger partial charge >= 0.3 is 5.97 Å². The van der Waals surface area contributed by atoms with Crippen LogP contribution < -0.4 is 10.1 Å². The molecule has 2 N–H and O–H groups in total. The normalized spacial score (nSPS) is 11.1. The molecule has 2 heterocycles. The Morgan fingerprint density at radius 2 is 1.94 bits per heavy atom. The maximum Gasteiger partial charge on any atom is 0.304 e. The lowest BCUT2D eigenvalue weighted by molar-refractivity contribution is -0.136. The van der Waals surface area contributed by atoms with Gasteiger partial charge in [0.25, 0.3) is 11.8 Å². The van der Waals surface area contributed by atoms with E-state index in [1.165, 1.54) is 0 Å². The summed E-state index contributed by atoms with van der Waals surface area (Å²) < 4.78 is 13.2. The molecule has 8 nitrogen and oxygen atoms in total. The van der Waals surface area contributed by atoms with E-state index >= 15 is 0 Å². The molecule has 0 spiro atoms. The zero-order chi connectivity index (χ0) is 24.2. The molecule has 3 aromatic carbocycles. The first-order chi connectivity index (χ1) is 17.1. The van der Waals surface area contributed by atoms with Gasteiger partial charge in [0.2, 0.25) is 0 Å². The first kappa shape index (κ1) is 22.6. The second-order valence-electron chi connectivity index (χ2n) is 7.86. The van der Waals surface area contributed by atoms with Crippen LogP contribution in [-0.2, 0) is 11.3 Å². The Bertz CT molecular complexity index is 1480. The minimum atomic E-state index is -0.816. The molecule has 0 amide bonds. The summed E-state index contributed by atoms with van der Waals surface area (Å²) in [7, 11) is 0. The summed E-state index contributed by atoms with van der Waals surface area (Å²) in [4.78, 5) is 15.2. The lowest BCUT2D eigenvalue weighted by Crippen LogP contribution is -2.17. The molecule has 0 saturated carbocycles. The third kappa shape index (κ3) is 5.18. The molecular weight excluding hydrogens is 468 g/mol. The predicted octanol–water partition coefficient (Wildman–Crippen LogP) is 5.69. The molecule has 0 unspecified atom stereocenters. The van der Waals surface area contributed by atoms with E-state index in [4.69, 9.17) is 26.0 Å². The van der Waals surface area contributed by atoms with Gasteiger partial charge in [0.05, 0.1) is 17.0 Å². The summed E-state index contributed by atoms with van der Waals surface area (Å²) in [5.74, 6) is 1.16. The van der Waals surface area contributed by atoms with Crippen molar-refractivity contribution in [2.75, 3.05) is 6.54 Å². The molecule has 0 saturated heterocycles. The van der Waals surface area contributed by atoms with Crippen LogP contribution in [0, 0.1) is 0 Å². The second kappa shape index (κ2) is 10.0. The van der Waals surface area contributed by atoms with Gasteiger partial charge in [-0.1, -0.05) is 35.9 Å². The zero-order valence-corrected chi connectivity index (χ0v) is 19.3. The van der Waals surface area contributed by atoms with Crippen LogP contribution in [0.5, 0.6) is 11.5 Å². The Kier molecular flexibility index (Phi) is 6.47. The largest absolute Gasteiger partial charge is 0.481 e. The van der Waals surface area contributed by atoms with Crippen molar-refractivity contribution in [1.82, 2.24) is 20.0 Å². The first-order valence-electron chi connectivity index (χ1n) is 11.0. The monoisotopic (exact) mass is 488 g/mol. The molecule has 0 aliphatic heterocycles. The number of ether oxygens (including phenoxy) is 1. The van der Waals surface area contributed by atoms with Gasteiger partial charge in [0.15, 0.2) is 0 Å². The molecule has 0 aliphatic carbocycles. The van der Waals surface area contributed by atoms with Gasteiger partial charge in [-0.3, -0.25) is 9.36 Å².